The van der Waals surface area contributed by atoms with Crippen molar-refractivity contribution >= 4 is 34.3 Å². The van der Waals surface area contributed by atoms with Crippen molar-refractivity contribution in [3.05, 3.63) is 71.4 Å². The standard InChI is InChI=1S/C24H24ClN3O3/c1-16-15-27(24(30)18-7-4-3-5-8-18)13-14-28(16)23(29)17(2)31-21-10-6-9-20-19(21)11-12-22(25)26-20/h3-12,16-17H,13-15H2,1-2H3. The number of pyridine rings is 1. The van der Waals surface area contributed by atoms with Gasteiger partial charge in [-0.25, -0.2) is 4.98 Å². The van der Waals surface area contributed by atoms with E-state index in [2.05, 4.69) is 4.98 Å². The molecule has 1 aromatic heterocycles. The Kier molecular flexibility index (Phi) is 6.09. The number of hydrogen-bond donors (Lipinski definition) is 0. The van der Waals surface area contributed by atoms with E-state index in [1.165, 1.54) is 0 Å². The van der Waals surface area contributed by atoms with Crippen LogP contribution in [0.1, 0.15) is 24.2 Å². The zero-order valence-electron chi connectivity index (χ0n) is 17.5. The van der Waals surface area contributed by atoms with E-state index in [0.717, 1.165) is 5.39 Å². The highest BCUT2D eigenvalue weighted by Gasteiger charge is 2.33. The van der Waals surface area contributed by atoms with Gasteiger partial charge in [-0.05, 0) is 50.2 Å². The Balaban J connectivity index is 1.42. The van der Waals surface area contributed by atoms with Crippen LogP contribution in [0.3, 0.4) is 0 Å². The van der Waals surface area contributed by atoms with Crippen molar-refractivity contribution in [2.45, 2.75) is 26.0 Å². The van der Waals surface area contributed by atoms with Crippen molar-refractivity contribution < 1.29 is 14.3 Å². The van der Waals surface area contributed by atoms with Crippen molar-refractivity contribution in [1.82, 2.24) is 14.8 Å². The molecule has 0 spiro atoms. The molecule has 1 aliphatic rings. The molecule has 2 unspecified atom stereocenters. The van der Waals surface area contributed by atoms with Crippen molar-refractivity contribution in [2.24, 2.45) is 0 Å². The topological polar surface area (TPSA) is 62.7 Å². The number of hydrogen-bond acceptors (Lipinski definition) is 4. The van der Waals surface area contributed by atoms with E-state index in [4.69, 9.17) is 16.3 Å². The number of aromatic nitrogens is 1. The predicted octanol–water partition coefficient (Wildman–Crippen LogP) is 4.03. The van der Waals surface area contributed by atoms with Crippen LogP contribution in [0.2, 0.25) is 5.15 Å². The van der Waals surface area contributed by atoms with Gasteiger partial charge in [0.1, 0.15) is 10.9 Å². The van der Waals surface area contributed by atoms with E-state index < -0.39 is 6.10 Å². The summed E-state index contributed by atoms with van der Waals surface area (Å²) >= 11 is 5.98. The van der Waals surface area contributed by atoms with Crippen LogP contribution >= 0.6 is 11.6 Å². The zero-order chi connectivity index (χ0) is 22.0. The molecule has 3 aromatic rings. The monoisotopic (exact) mass is 437 g/mol. The molecule has 2 aromatic carbocycles. The van der Waals surface area contributed by atoms with E-state index in [1.54, 1.807) is 22.8 Å². The molecule has 1 fully saturated rings. The Morgan fingerprint density at radius 3 is 2.58 bits per heavy atom. The van der Waals surface area contributed by atoms with Gasteiger partial charge in [-0.1, -0.05) is 35.9 Å². The number of carbonyl (C=O) groups excluding carboxylic acids is 2. The van der Waals surface area contributed by atoms with Gasteiger partial charge in [-0.2, -0.15) is 0 Å². The Hall–Kier alpha value is -3.12. The molecule has 0 radical (unpaired) electrons. The lowest BCUT2D eigenvalue weighted by atomic mass is 10.1. The Labute approximate surface area is 186 Å². The molecule has 1 saturated heterocycles. The molecule has 31 heavy (non-hydrogen) atoms. The van der Waals surface area contributed by atoms with Crippen molar-refractivity contribution in [3.8, 4) is 5.75 Å². The lowest BCUT2D eigenvalue weighted by Crippen LogP contribution is -2.57. The fourth-order valence-corrected chi connectivity index (χ4v) is 4.07. The van der Waals surface area contributed by atoms with E-state index in [-0.39, 0.29) is 17.9 Å². The summed E-state index contributed by atoms with van der Waals surface area (Å²) in [6.07, 6.45) is -0.667. The lowest BCUT2D eigenvalue weighted by molar-refractivity contribution is -0.142. The molecule has 2 atom stereocenters. The van der Waals surface area contributed by atoms with Gasteiger partial charge in [0, 0.05) is 36.6 Å². The second-order valence-corrected chi connectivity index (χ2v) is 8.10. The minimum Gasteiger partial charge on any atom is -0.480 e. The largest absolute Gasteiger partial charge is 0.480 e. The number of amides is 2. The quantitative estimate of drug-likeness (QED) is 0.578. The maximum Gasteiger partial charge on any atom is 0.263 e. The van der Waals surface area contributed by atoms with Crippen LogP contribution in [0, 0.1) is 0 Å². The van der Waals surface area contributed by atoms with Gasteiger partial charge in [0.25, 0.3) is 11.8 Å². The SMILES string of the molecule is CC(Oc1cccc2nc(Cl)ccc12)C(=O)N1CCN(C(=O)c2ccccc2)CC1C. The third-order valence-electron chi connectivity index (χ3n) is 5.53. The molecule has 4 rings (SSSR count). The molecule has 1 aliphatic heterocycles. The molecule has 0 saturated carbocycles. The molecule has 6 nitrogen and oxygen atoms in total. The number of nitrogens with zero attached hydrogens (tertiary/aromatic N) is 3. The van der Waals surface area contributed by atoms with Crippen LogP contribution in [-0.2, 0) is 4.79 Å². The van der Waals surface area contributed by atoms with E-state index in [9.17, 15) is 9.59 Å². The maximum atomic E-state index is 13.1. The van der Waals surface area contributed by atoms with Gasteiger partial charge in [0.05, 0.1) is 5.52 Å². The highest BCUT2D eigenvalue weighted by molar-refractivity contribution is 6.29. The number of ether oxygens (including phenoxy) is 1. The number of benzene rings is 2. The molecule has 0 aliphatic carbocycles. The average Bonchev–Trinajstić information content (AvgIpc) is 2.78. The highest BCUT2D eigenvalue weighted by atomic mass is 35.5. The first kappa shape index (κ1) is 21.1. The third kappa shape index (κ3) is 4.49. The van der Waals surface area contributed by atoms with E-state index in [1.807, 2.05) is 61.5 Å². The summed E-state index contributed by atoms with van der Waals surface area (Å²) in [7, 11) is 0. The van der Waals surface area contributed by atoms with Crippen LogP contribution in [0.25, 0.3) is 10.9 Å². The number of fused-ring (bicyclic) bond motifs is 1. The van der Waals surface area contributed by atoms with E-state index in [0.29, 0.717) is 41.6 Å². The molecule has 2 heterocycles. The highest BCUT2D eigenvalue weighted by Crippen LogP contribution is 2.27. The lowest BCUT2D eigenvalue weighted by Gasteiger charge is -2.40. The van der Waals surface area contributed by atoms with Gasteiger partial charge < -0.3 is 14.5 Å². The number of rotatable bonds is 4. The van der Waals surface area contributed by atoms with Crippen LogP contribution in [0.5, 0.6) is 5.75 Å². The fourth-order valence-electron chi connectivity index (χ4n) is 3.91. The molecule has 160 valence electrons. The van der Waals surface area contributed by atoms with Gasteiger partial charge >= 0.3 is 0 Å². The Morgan fingerprint density at radius 1 is 1.06 bits per heavy atom. The summed E-state index contributed by atoms with van der Waals surface area (Å²) in [5, 5.41) is 1.21. The number of halogens is 1. The molecular weight excluding hydrogens is 414 g/mol. The molecular formula is C24H24ClN3O3. The summed E-state index contributed by atoms with van der Waals surface area (Å²) < 4.78 is 6.02. The fraction of sp³-hybridized carbons (Fsp3) is 0.292. The smallest absolute Gasteiger partial charge is 0.263 e. The second kappa shape index (κ2) is 8.94. The summed E-state index contributed by atoms with van der Waals surface area (Å²) in [5.74, 6) is 0.483. The molecule has 0 bridgehead atoms. The zero-order valence-corrected chi connectivity index (χ0v) is 18.2. The van der Waals surface area contributed by atoms with Gasteiger partial charge in [0.2, 0.25) is 0 Å². The number of carbonyl (C=O) groups is 2. The summed E-state index contributed by atoms with van der Waals surface area (Å²) in [6, 6.07) is 18.2. The third-order valence-corrected chi connectivity index (χ3v) is 5.74. The normalized spacial score (nSPS) is 17.5. The minimum absolute atomic E-state index is 0.00855. The average molecular weight is 438 g/mol. The van der Waals surface area contributed by atoms with Crippen LogP contribution in [0.4, 0.5) is 0 Å². The molecule has 2 amide bonds. The van der Waals surface area contributed by atoms with Crippen molar-refractivity contribution in [2.75, 3.05) is 19.6 Å². The first-order valence-corrected chi connectivity index (χ1v) is 10.7. The van der Waals surface area contributed by atoms with Crippen LogP contribution < -0.4 is 4.74 Å². The van der Waals surface area contributed by atoms with Gasteiger partial charge in [-0.15, -0.1) is 0 Å². The van der Waals surface area contributed by atoms with Crippen molar-refractivity contribution in [1.29, 1.82) is 0 Å². The second-order valence-electron chi connectivity index (χ2n) is 7.71. The summed E-state index contributed by atoms with van der Waals surface area (Å²) in [4.78, 5) is 33.7. The van der Waals surface area contributed by atoms with E-state index >= 15 is 0 Å². The first-order chi connectivity index (χ1) is 14.9. The Morgan fingerprint density at radius 2 is 1.84 bits per heavy atom. The van der Waals surface area contributed by atoms with Crippen LogP contribution in [-0.4, -0.2) is 58.4 Å². The Bertz CT molecular complexity index is 1110. The van der Waals surface area contributed by atoms with Gasteiger partial charge in [-0.3, -0.25) is 9.59 Å². The minimum atomic E-state index is -0.667. The van der Waals surface area contributed by atoms with Crippen molar-refractivity contribution in [3.63, 3.8) is 0 Å². The number of piperazine rings is 1. The van der Waals surface area contributed by atoms with Gasteiger partial charge in [0.15, 0.2) is 6.10 Å². The summed E-state index contributed by atoms with van der Waals surface area (Å²) in [6.45, 7) is 5.16. The molecule has 0 N–H and O–H groups in total. The molecule has 7 heteroatoms. The first-order valence-electron chi connectivity index (χ1n) is 10.3. The predicted molar refractivity (Wildman–Crippen MR) is 120 cm³/mol. The van der Waals surface area contributed by atoms with Crippen LogP contribution in [0.15, 0.2) is 60.7 Å². The summed E-state index contributed by atoms with van der Waals surface area (Å²) in [5.41, 5.74) is 1.38. The maximum absolute atomic E-state index is 13.1.